The molecule has 1 aromatic carbocycles. The van der Waals surface area contributed by atoms with Gasteiger partial charge in [-0.05, 0) is 37.8 Å². The van der Waals surface area contributed by atoms with Crippen LogP contribution in [0, 0.1) is 5.92 Å². The van der Waals surface area contributed by atoms with Gasteiger partial charge in [0.25, 0.3) is 0 Å². The van der Waals surface area contributed by atoms with Crippen molar-refractivity contribution >= 4 is 17.5 Å². The number of carbonyl (C=O) groups excluding carboxylic acids is 2. The van der Waals surface area contributed by atoms with E-state index in [1.54, 1.807) is 0 Å². The van der Waals surface area contributed by atoms with E-state index in [9.17, 15) is 9.59 Å². The highest BCUT2D eigenvalue weighted by Crippen LogP contribution is 2.43. The smallest absolute Gasteiger partial charge is 0.232 e. The van der Waals surface area contributed by atoms with Crippen molar-refractivity contribution < 1.29 is 14.3 Å². The molecule has 2 amide bonds. The Morgan fingerprint density at radius 2 is 2.16 bits per heavy atom. The number of para-hydroxylation sites is 1. The summed E-state index contributed by atoms with van der Waals surface area (Å²) in [5.74, 6) is 0.812. The molecule has 0 radical (unpaired) electrons. The molecule has 0 aromatic heterocycles. The maximum Gasteiger partial charge on any atom is 0.232 e. The highest BCUT2D eigenvalue weighted by atomic mass is 16.5. The van der Waals surface area contributed by atoms with E-state index in [0.29, 0.717) is 18.9 Å². The van der Waals surface area contributed by atoms with Crippen molar-refractivity contribution in [2.45, 2.75) is 44.6 Å². The summed E-state index contributed by atoms with van der Waals surface area (Å²) in [6.45, 7) is 5.05. The minimum atomic E-state index is 0.0203. The number of rotatable bonds is 6. The van der Waals surface area contributed by atoms with E-state index in [1.165, 1.54) is 5.56 Å². The van der Waals surface area contributed by atoms with Crippen molar-refractivity contribution in [1.29, 1.82) is 0 Å². The van der Waals surface area contributed by atoms with Crippen molar-refractivity contribution in [3.05, 3.63) is 29.8 Å². The first-order chi connectivity index (χ1) is 12.2. The number of amides is 2. The largest absolute Gasteiger partial charge is 0.378 e. The fourth-order valence-electron chi connectivity index (χ4n) is 4.23. The van der Waals surface area contributed by atoms with Crippen molar-refractivity contribution in [3.8, 4) is 0 Å². The number of benzene rings is 1. The van der Waals surface area contributed by atoms with Crippen LogP contribution >= 0.6 is 0 Å². The van der Waals surface area contributed by atoms with Crippen LogP contribution in [0.3, 0.4) is 0 Å². The monoisotopic (exact) mass is 342 g/mol. The van der Waals surface area contributed by atoms with Crippen LogP contribution in [-0.2, 0) is 14.3 Å². The molecule has 0 unspecified atom stereocenters. The van der Waals surface area contributed by atoms with Crippen LogP contribution in [0.5, 0.6) is 0 Å². The summed E-state index contributed by atoms with van der Waals surface area (Å²) in [7, 11) is 0. The zero-order valence-corrected chi connectivity index (χ0v) is 14.8. The number of anilines is 1. The minimum absolute atomic E-state index is 0.0203. The minimum Gasteiger partial charge on any atom is -0.378 e. The summed E-state index contributed by atoms with van der Waals surface area (Å²) in [6.07, 6.45) is 3.54. The highest BCUT2D eigenvalue weighted by Gasteiger charge is 2.48. The molecule has 3 aliphatic rings. The molecule has 1 saturated heterocycles. The van der Waals surface area contributed by atoms with Gasteiger partial charge in [0.05, 0.1) is 12.0 Å². The molecule has 2 heterocycles. The lowest BCUT2D eigenvalue weighted by atomic mass is 9.98. The fourth-order valence-corrected chi connectivity index (χ4v) is 4.23. The Morgan fingerprint density at radius 1 is 1.32 bits per heavy atom. The van der Waals surface area contributed by atoms with E-state index in [0.717, 1.165) is 44.6 Å². The van der Waals surface area contributed by atoms with Gasteiger partial charge in [-0.15, -0.1) is 0 Å². The lowest BCUT2D eigenvalue weighted by Crippen LogP contribution is -2.33. The predicted octanol–water partition coefficient (Wildman–Crippen LogP) is 2.55. The van der Waals surface area contributed by atoms with Crippen molar-refractivity contribution in [2.24, 2.45) is 5.92 Å². The van der Waals surface area contributed by atoms with Gasteiger partial charge in [-0.2, -0.15) is 0 Å². The second-order valence-electron chi connectivity index (χ2n) is 7.31. The average Bonchev–Trinajstić information content (AvgIpc) is 3.11. The van der Waals surface area contributed by atoms with E-state index in [-0.39, 0.29) is 23.8 Å². The standard InChI is InChI=1S/C20H26N2O3/c1-2-25-18-12-16(18)20(24)22-13-14(15-6-3-4-7-17(15)22)9-11-21-10-5-8-19(21)23/h3-4,6-7,14,16,18H,2,5,8-13H2,1H3/t14-,16-,18-/m1/s1. The number of nitrogens with zero attached hydrogens (tertiary/aromatic N) is 2. The zero-order chi connectivity index (χ0) is 17.4. The normalized spacial score (nSPS) is 27.7. The quantitative estimate of drug-likeness (QED) is 0.798. The van der Waals surface area contributed by atoms with Gasteiger partial charge >= 0.3 is 0 Å². The van der Waals surface area contributed by atoms with Gasteiger partial charge in [0, 0.05) is 44.3 Å². The molecule has 0 N–H and O–H groups in total. The summed E-state index contributed by atoms with van der Waals surface area (Å²) in [5.41, 5.74) is 2.29. The van der Waals surface area contributed by atoms with Gasteiger partial charge in [0.15, 0.2) is 0 Å². The van der Waals surface area contributed by atoms with E-state index < -0.39 is 0 Å². The fraction of sp³-hybridized carbons (Fsp3) is 0.600. The zero-order valence-electron chi connectivity index (χ0n) is 14.8. The number of likely N-dealkylation sites (tertiary alicyclic amines) is 1. The van der Waals surface area contributed by atoms with Crippen LogP contribution in [0.4, 0.5) is 5.69 Å². The summed E-state index contributed by atoms with van der Waals surface area (Å²) in [4.78, 5) is 28.7. The van der Waals surface area contributed by atoms with E-state index in [4.69, 9.17) is 4.74 Å². The number of ether oxygens (including phenoxy) is 1. The predicted molar refractivity (Wildman–Crippen MR) is 95.5 cm³/mol. The highest BCUT2D eigenvalue weighted by molar-refractivity contribution is 5.99. The topological polar surface area (TPSA) is 49.9 Å². The Balaban J connectivity index is 1.44. The molecule has 2 fully saturated rings. The molecule has 2 aliphatic heterocycles. The van der Waals surface area contributed by atoms with Crippen LogP contribution in [0.15, 0.2) is 24.3 Å². The van der Waals surface area contributed by atoms with Gasteiger partial charge in [0.1, 0.15) is 0 Å². The van der Waals surface area contributed by atoms with Crippen LogP contribution in [0.2, 0.25) is 0 Å². The maximum atomic E-state index is 12.9. The molecule has 1 aromatic rings. The molecule has 25 heavy (non-hydrogen) atoms. The molecule has 0 spiro atoms. The third-order valence-corrected chi connectivity index (χ3v) is 5.69. The molecule has 4 rings (SSSR count). The van der Waals surface area contributed by atoms with Gasteiger partial charge in [-0.25, -0.2) is 0 Å². The summed E-state index contributed by atoms with van der Waals surface area (Å²) in [6, 6.07) is 8.22. The number of hydrogen-bond acceptors (Lipinski definition) is 3. The van der Waals surface area contributed by atoms with Crippen LogP contribution in [0.1, 0.15) is 44.1 Å². The maximum absolute atomic E-state index is 12.9. The lowest BCUT2D eigenvalue weighted by molar-refractivity contribution is -0.127. The lowest BCUT2D eigenvalue weighted by Gasteiger charge is -2.20. The summed E-state index contributed by atoms with van der Waals surface area (Å²) >= 11 is 0. The van der Waals surface area contributed by atoms with Gasteiger partial charge in [-0.1, -0.05) is 18.2 Å². The third kappa shape index (κ3) is 3.17. The van der Waals surface area contributed by atoms with Crippen molar-refractivity contribution in [2.75, 3.05) is 31.1 Å². The molecule has 5 nitrogen and oxygen atoms in total. The van der Waals surface area contributed by atoms with Crippen molar-refractivity contribution in [1.82, 2.24) is 4.90 Å². The molecule has 3 atom stereocenters. The molecular weight excluding hydrogens is 316 g/mol. The van der Waals surface area contributed by atoms with Crippen LogP contribution < -0.4 is 4.90 Å². The molecule has 1 aliphatic carbocycles. The SMILES string of the molecule is CCO[C@@H]1C[C@H]1C(=O)N1C[C@@H](CCN2CCCC2=O)c2ccccc21. The van der Waals surface area contributed by atoms with Crippen LogP contribution in [0.25, 0.3) is 0 Å². The molecule has 1 saturated carbocycles. The van der Waals surface area contributed by atoms with E-state index >= 15 is 0 Å². The number of fused-ring (bicyclic) bond motifs is 1. The Kier molecular flexibility index (Phi) is 4.50. The molecule has 0 bridgehead atoms. The first kappa shape index (κ1) is 16.6. The summed E-state index contributed by atoms with van der Waals surface area (Å²) < 4.78 is 5.60. The van der Waals surface area contributed by atoms with Crippen LogP contribution in [-0.4, -0.2) is 49.1 Å². The summed E-state index contributed by atoms with van der Waals surface area (Å²) in [5, 5.41) is 0. The Bertz CT molecular complexity index is 675. The van der Waals surface area contributed by atoms with E-state index in [2.05, 4.69) is 6.07 Å². The molecular formula is C20H26N2O3. The first-order valence-electron chi connectivity index (χ1n) is 9.48. The second-order valence-corrected chi connectivity index (χ2v) is 7.31. The second kappa shape index (κ2) is 6.79. The van der Waals surface area contributed by atoms with Crippen molar-refractivity contribution in [3.63, 3.8) is 0 Å². The third-order valence-electron chi connectivity index (χ3n) is 5.69. The van der Waals surface area contributed by atoms with Gasteiger partial charge in [-0.3, -0.25) is 9.59 Å². The van der Waals surface area contributed by atoms with Gasteiger partial charge in [0.2, 0.25) is 11.8 Å². The van der Waals surface area contributed by atoms with Gasteiger partial charge < -0.3 is 14.5 Å². The number of hydrogen-bond donors (Lipinski definition) is 0. The Morgan fingerprint density at radius 3 is 2.92 bits per heavy atom. The van der Waals surface area contributed by atoms with E-state index in [1.807, 2.05) is 34.9 Å². The molecule has 134 valence electrons. The Labute approximate surface area is 148 Å². The average molecular weight is 342 g/mol. The number of carbonyl (C=O) groups is 2. The molecule has 5 heteroatoms. The Hall–Kier alpha value is -1.88. The first-order valence-corrected chi connectivity index (χ1v) is 9.48.